The predicted octanol–water partition coefficient (Wildman–Crippen LogP) is 3.25. The van der Waals surface area contributed by atoms with Crippen molar-refractivity contribution in [3.8, 4) is 0 Å². The molecule has 4 amide bonds. The van der Waals surface area contributed by atoms with Crippen molar-refractivity contribution in [3.05, 3.63) is 77.6 Å². The van der Waals surface area contributed by atoms with Gasteiger partial charge in [0, 0.05) is 35.0 Å². The lowest BCUT2D eigenvalue weighted by Crippen LogP contribution is -2.57. The fourth-order valence-electron chi connectivity index (χ4n) is 4.41. The van der Waals surface area contributed by atoms with Crippen LogP contribution in [0.1, 0.15) is 33.3 Å². The summed E-state index contributed by atoms with van der Waals surface area (Å²) in [5, 5.41) is 0. The summed E-state index contributed by atoms with van der Waals surface area (Å²) in [6.07, 6.45) is 3.09. The highest BCUT2D eigenvalue weighted by Gasteiger charge is 2.42. The Morgan fingerprint density at radius 3 is 1.82 bits per heavy atom. The predicted molar refractivity (Wildman–Crippen MR) is 144 cm³/mol. The molecule has 2 aliphatic rings. The van der Waals surface area contributed by atoms with Crippen molar-refractivity contribution in [1.82, 2.24) is 9.80 Å². The van der Waals surface area contributed by atoms with Crippen LogP contribution < -0.4 is 4.90 Å². The van der Waals surface area contributed by atoms with Gasteiger partial charge in [0.1, 0.15) is 18.8 Å². The molecule has 10 nitrogen and oxygen atoms in total. The molecule has 3 rings (SSSR count). The Bertz CT molecular complexity index is 1270. The van der Waals surface area contributed by atoms with Gasteiger partial charge in [-0.1, -0.05) is 45.2 Å². The van der Waals surface area contributed by atoms with Gasteiger partial charge in [-0.05, 0) is 37.6 Å². The number of urea groups is 1. The largest absolute Gasteiger partial charge is 0.460 e. The first-order valence-corrected chi connectivity index (χ1v) is 12.4. The molecule has 0 saturated carbocycles. The van der Waals surface area contributed by atoms with Crippen LogP contribution in [0.5, 0.6) is 0 Å². The summed E-state index contributed by atoms with van der Waals surface area (Å²) in [4.78, 5) is 67.0. The van der Waals surface area contributed by atoms with Crippen LogP contribution in [0, 0.1) is 0 Å². The van der Waals surface area contributed by atoms with Crippen molar-refractivity contribution in [2.75, 3.05) is 38.3 Å². The third-order valence-corrected chi connectivity index (χ3v) is 6.55. The molecule has 0 spiro atoms. The quantitative estimate of drug-likeness (QED) is 0.269. The van der Waals surface area contributed by atoms with Crippen LogP contribution in [0.15, 0.2) is 72.0 Å². The van der Waals surface area contributed by atoms with Crippen LogP contribution >= 0.6 is 0 Å². The minimum absolute atomic E-state index is 0.166. The summed E-state index contributed by atoms with van der Waals surface area (Å²) >= 11 is 0. The number of nitrogens with zero attached hydrogens (tertiary/aromatic N) is 3. The summed E-state index contributed by atoms with van der Waals surface area (Å²) < 4.78 is 10.1. The molecule has 0 N–H and O–H groups in total. The molecule has 2 heterocycles. The minimum Gasteiger partial charge on any atom is -0.460 e. The van der Waals surface area contributed by atoms with E-state index in [2.05, 4.69) is 13.2 Å². The molecule has 1 aromatic rings. The average Bonchev–Trinajstić information content (AvgIpc) is 3.07. The van der Waals surface area contributed by atoms with E-state index < -0.39 is 35.2 Å². The van der Waals surface area contributed by atoms with E-state index in [0.29, 0.717) is 0 Å². The lowest BCUT2D eigenvalue weighted by atomic mass is 9.83. The van der Waals surface area contributed by atoms with Gasteiger partial charge in [-0.25, -0.2) is 14.4 Å². The van der Waals surface area contributed by atoms with Crippen LogP contribution in [0.3, 0.4) is 0 Å². The van der Waals surface area contributed by atoms with Gasteiger partial charge in [-0.15, -0.1) is 0 Å². The van der Waals surface area contributed by atoms with Crippen molar-refractivity contribution in [2.24, 2.45) is 0 Å². The number of anilines is 1. The molecule has 0 atom stereocenters. The molecule has 1 saturated heterocycles. The van der Waals surface area contributed by atoms with Gasteiger partial charge in [0.25, 0.3) is 11.8 Å². The van der Waals surface area contributed by atoms with Crippen molar-refractivity contribution in [1.29, 1.82) is 0 Å². The maximum absolute atomic E-state index is 13.3. The third-order valence-electron chi connectivity index (χ3n) is 6.55. The van der Waals surface area contributed by atoms with Crippen molar-refractivity contribution in [2.45, 2.75) is 33.1 Å². The molecule has 0 radical (unpaired) electrons. The second-order valence-corrected chi connectivity index (χ2v) is 9.86. The van der Waals surface area contributed by atoms with Gasteiger partial charge in [0.15, 0.2) is 0 Å². The zero-order valence-electron chi connectivity index (χ0n) is 22.9. The Balaban J connectivity index is 1.93. The van der Waals surface area contributed by atoms with Crippen LogP contribution in [0.4, 0.5) is 10.5 Å². The number of rotatable bonds is 9. The van der Waals surface area contributed by atoms with E-state index in [1.54, 1.807) is 6.08 Å². The van der Waals surface area contributed by atoms with E-state index in [-0.39, 0.29) is 43.0 Å². The van der Waals surface area contributed by atoms with E-state index in [4.69, 9.17) is 9.47 Å². The lowest BCUT2D eigenvalue weighted by Gasteiger charge is -2.33. The number of benzene rings is 1. The maximum Gasteiger partial charge on any atom is 0.334 e. The number of allylic oxidation sites excluding steroid dienone is 3. The molecule has 2 aliphatic heterocycles. The number of imide groups is 2. The van der Waals surface area contributed by atoms with Crippen molar-refractivity contribution < 1.29 is 33.4 Å². The van der Waals surface area contributed by atoms with Crippen molar-refractivity contribution in [3.63, 3.8) is 0 Å². The summed E-state index contributed by atoms with van der Waals surface area (Å²) in [5.41, 5.74) is 2.61. The number of carbonyl (C=O) groups excluding carboxylic acids is 5. The number of fused-ring (bicyclic) bond motifs is 1. The average molecular weight is 536 g/mol. The number of hydrogen-bond acceptors (Lipinski definition) is 8. The van der Waals surface area contributed by atoms with Crippen molar-refractivity contribution >= 4 is 35.5 Å². The van der Waals surface area contributed by atoms with Gasteiger partial charge in [0.05, 0.1) is 13.1 Å². The summed E-state index contributed by atoms with van der Waals surface area (Å²) in [7, 11) is 1.90. The summed E-state index contributed by atoms with van der Waals surface area (Å²) in [5.74, 6) is -2.98. The van der Waals surface area contributed by atoms with E-state index in [1.165, 1.54) is 19.9 Å². The highest BCUT2D eigenvalue weighted by molar-refractivity contribution is 6.28. The Morgan fingerprint density at radius 2 is 1.36 bits per heavy atom. The molecule has 0 aliphatic carbocycles. The second-order valence-electron chi connectivity index (χ2n) is 9.86. The number of ether oxygens (including phenoxy) is 2. The Hall–Kier alpha value is -4.47. The van der Waals surface area contributed by atoms with Crippen LogP contribution in [0.2, 0.25) is 0 Å². The van der Waals surface area contributed by atoms with Crippen LogP contribution in [0.25, 0.3) is 0 Å². The first-order valence-electron chi connectivity index (χ1n) is 12.4. The molecular weight excluding hydrogens is 502 g/mol. The Labute approximate surface area is 227 Å². The van der Waals surface area contributed by atoms with E-state index in [0.717, 1.165) is 26.7 Å². The molecule has 10 heteroatoms. The number of barbiturate groups is 1. The number of hydrogen-bond donors (Lipinski definition) is 0. The molecule has 206 valence electrons. The van der Waals surface area contributed by atoms with Gasteiger partial charge >= 0.3 is 18.0 Å². The highest BCUT2D eigenvalue weighted by atomic mass is 16.5. The summed E-state index contributed by atoms with van der Waals surface area (Å²) in [6.45, 7) is 12.9. The van der Waals surface area contributed by atoms with Crippen LogP contribution in [-0.2, 0) is 34.1 Å². The van der Waals surface area contributed by atoms with Gasteiger partial charge in [-0.3, -0.25) is 19.4 Å². The topological polar surface area (TPSA) is 114 Å². The Kier molecular flexibility index (Phi) is 8.58. The number of amides is 4. The van der Waals surface area contributed by atoms with Gasteiger partial charge in [0.2, 0.25) is 0 Å². The monoisotopic (exact) mass is 535 g/mol. The Morgan fingerprint density at radius 1 is 0.872 bits per heavy atom. The fraction of sp³-hybridized carbons (Fsp3) is 0.345. The SMILES string of the molecule is C=C(C)C(=O)OCCN1C(=O)C(=C/C=C2/N(C)c3ccccc3C2(C)C)C(=O)N(CCOC(=O)C(=C)C)C1=O. The number of para-hydroxylation sites is 1. The standard InChI is InChI=1S/C29H33N3O7/c1-18(2)26(35)38-16-14-31-24(33)20(25(34)32(28(31)37)15-17-39-27(36)19(3)4)12-13-23-29(5,6)21-10-8-9-11-22(21)30(23)7/h8-13H,1,3,14-17H2,2,4-7H3/b23-13+. The molecule has 0 bridgehead atoms. The first-order chi connectivity index (χ1) is 18.3. The van der Waals surface area contributed by atoms with Gasteiger partial charge in [-0.2, -0.15) is 0 Å². The summed E-state index contributed by atoms with van der Waals surface area (Å²) in [6, 6.07) is 6.99. The molecule has 1 aromatic carbocycles. The van der Waals surface area contributed by atoms with E-state index >= 15 is 0 Å². The second kappa shape index (κ2) is 11.5. The van der Waals surface area contributed by atoms with E-state index in [1.807, 2.05) is 50.1 Å². The van der Waals surface area contributed by atoms with Crippen LogP contribution in [-0.4, -0.2) is 72.9 Å². The number of esters is 2. The molecule has 39 heavy (non-hydrogen) atoms. The zero-order chi connectivity index (χ0) is 29.1. The highest BCUT2D eigenvalue weighted by Crippen LogP contribution is 2.46. The molecular formula is C29H33N3O7. The molecule has 1 fully saturated rings. The fourth-order valence-corrected chi connectivity index (χ4v) is 4.41. The zero-order valence-corrected chi connectivity index (χ0v) is 22.9. The number of likely N-dealkylation sites (N-methyl/N-ethyl adjacent to an activating group) is 1. The minimum atomic E-state index is -0.904. The smallest absolute Gasteiger partial charge is 0.334 e. The molecule has 0 unspecified atom stereocenters. The third kappa shape index (κ3) is 5.84. The first kappa shape index (κ1) is 29.1. The van der Waals surface area contributed by atoms with Gasteiger partial charge < -0.3 is 14.4 Å². The normalized spacial score (nSPS) is 17.4. The lowest BCUT2D eigenvalue weighted by molar-refractivity contribution is -0.144. The molecule has 0 aromatic heterocycles. The van der Waals surface area contributed by atoms with E-state index in [9.17, 15) is 24.0 Å². The number of carbonyl (C=O) groups is 5. The maximum atomic E-state index is 13.3.